The van der Waals surface area contributed by atoms with Gasteiger partial charge in [-0.2, -0.15) is 0 Å². The fourth-order valence-electron chi connectivity index (χ4n) is 3.45. The molecular weight excluding hydrogens is 376 g/mol. The minimum atomic E-state index is -0.426. The summed E-state index contributed by atoms with van der Waals surface area (Å²) >= 11 is 0. The molecule has 2 N–H and O–H groups in total. The van der Waals surface area contributed by atoms with Crippen molar-refractivity contribution in [3.8, 4) is 5.75 Å². The first kappa shape index (κ1) is 19.5. The molecule has 0 aliphatic rings. The van der Waals surface area contributed by atoms with Gasteiger partial charge >= 0.3 is 0 Å². The third kappa shape index (κ3) is 4.10. The number of benzene rings is 3. The normalized spacial score (nSPS) is 11.8. The topological polar surface area (TPSA) is 71.2 Å². The fourth-order valence-corrected chi connectivity index (χ4v) is 3.45. The van der Waals surface area contributed by atoms with Crippen LogP contribution in [0.2, 0.25) is 0 Å². The van der Waals surface area contributed by atoms with E-state index in [2.05, 4.69) is 10.3 Å². The van der Waals surface area contributed by atoms with E-state index in [0.29, 0.717) is 12.1 Å². The van der Waals surface area contributed by atoms with Crippen LogP contribution in [0.3, 0.4) is 0 Å². The molecule has 5 nitrogen and oxygen atoms in total. The SMILES string of the molecule is CCOc1ccc(C(NC(=O)c2cc3ccccc3[nH]c2=O)c2ccccc2)cc1. The van der Waals surface area contributed by atoms with Gasteiger partial charge in [0, 0.05) is 5.52 Å². The maximum Gasteiger partial charge on any atom is 0.261 e. The quantitative estimate of drug-likeness (QED) is 0.504. The third-order valence-electron chi connectivity index (χ3n) is 4.93. The van der Waals surface area contributed by atoms with E-state index in [1.807, 2.05) is 85.8 Å². The van der Waals surface area contributed by atoms with Gasteiger partial charge in [-0.3, -0.25) is 9.59 Å². The van der Waals surface area contributed by atoms with Crippen molar-refractivity contribution in [3.05, 3.63) is 112 Å². The van der Waals surface area contributed by atoms with Gasteiger partial charge in [0.25, 0.3) is 11.5 Å². The summed E-state index contributed by atoms with van der Waals surface area (Å²) in [5.74, 6) is 0.343. The van der Waals surface area contributed by atoms with Crippen LogP contribution in [0.4, 0.5) is 0 Å². The van der Waals surface area contributed by atoms with Crippen molar-refractivity contribution in [2.24, 2.45) is 0 Å². The molecule has 0 radical (unpaired) electrons. The Hall–Kier alpha value is -3.86. The number of para-hydroxylation sites is 1. The lowest BCUT2D eigenvalue weighted by atomic mass is 9.98. The van der Waals surface area contributed by atoms with Crippen molar-refractivity contribution in [1.29, 1.82) is 0 Å². The lowest BCUT2D eigenvalue weighted by molar-refractivity contribution is 0.0941. The molecule has 4 aromatic rings. The first-order valence-electron chi connectivity index (χ1n) is 9.86. The molecule has 30 heavy (non-hydrogen) atoms. The van der Waals surface area contributed by atoms with Crippen LogP contribution in [0, 0.1) is 0 Å². The number of carbonyl (C=O) groups excluding carboxylic acids is 1. The molecule has 0 aliphatic heterocycles. The highest BCUT2D eigenvalue weighted by Gasteiger charge is 2.20. The summed E-state index contributed by atoms with van der Waals surface area (Å²) < 4.78 is 5.52. The van der Waals surface area contributed by atoms with Crippen molar-refractivity contribution >= 4 is 16.8 Å². The molecule has 0 spiro atoms. The monoisotopic (exact) mass is 398 g/mol. The zero-order valence-electron chi connectivity index (χ0n) is 16.6. The minimum absolute atomic E-state index is 0.0839. The standard InChI is InChI=1S/C25H22N2O3/c1-2-30-20-14-12-18(13-15-20)23(17-8-4-3-5-9-17)27-25(29)21-16-19-10-6-7-11-22(19)26-24(21)28/h3-16,23H,2H2,1H3,(H,26,28)(H,27,29). The van der Waals surface area contributed by atoms with E-state index >= 15 is 0 Å². The van der Waals surface area contributed by atoms with Crippen molar-refractivity contribution in [1.82, 2.24) is 10.3 Å². The first-order valence-corrected chi connectivity index (χ1v) is 9.86. The molecular formula is C25H22N2O3. The van der Waals surface area contributed by atoms with Crippen molar-refractivity contribution in [2.45, 2.75) is 13.0 Å². The largest absolute Gasteiger partial charge is 0.494 e. The molecule has 1 atom stereocenters. The summed E-state index contributed by atoms with van der Waals surface area (Å²) in [5, 5.41) is 3.83. The molecule has 1 heterocycles. The number of H-pyrrole nitrogens is 1. The molecule has 5 heteroatoms. The van der Waals surface area contributed by atoms with E-state index in [1.54, 1.807) is 6.07 Å². The molecule has 1 unspecified atom stereocenters. The van der Waals surface area contributed by atoms with E-state index in [1.165, 1.54) is 0 Å². The number of ether oxygens (including phenoxy) is 1. The van der Waals surface area contributed by atoms with Crippen LogP contribution in [0.5, 0.6) is 5.75 Å². The number of carbonyl (C=O) groups is 1. The van der Waals surface area contributed by atoms with E-state index in [9.17, 15) is 9.59 Å². The Labute approximate surface area is 174 Å². The maximum absolute atomic E-state index is 13.1. The van der Waals surface area contributed by atoms with Gasteiger partial charge in [-0.15, -0.1) is 0 Å². The van der Waals surface area contributed by atoms with Crippen molar-refractivity contribution in [2.75, 3.05) is 6.61 Å². The van der Waals surface area contributed by atoms with Crippen LogP contribution in [0.25, 0.3) is 10.9 Å². The Kier molecular flexibility index (Phi) is 5.61. The summed E-state index contributed by atoms with van der Waals surface area (Å²) in [6.07, 6.45) is 0. The second-order valence-electron chi connectivity index (χ2n) is 6.92. The molecule has 0 bridgehead atoms. The maximum atomic E-state index is 13.1. The number of nitrogens with one attached hydrogen (secondary N) is 2. The highest BCUT2D eigenvalue weighted by Crippen LogP contribution is 2.25. The average Bonchev–Trinajstić information content (AvgIpc) is 2.78. The van der Waals surface area contributed by atoms with Crippen LogP contribution in [-0.2, 0) is 0 Å². The zero-order valence-corrected chi connectivity index (χ0v) is 16.6. The van der Waals surface area contributed by atoms with Crippen LogP contribution in [0.1, 0.15) is 34.5 Å². The lowest BCUT2D eigenvalue weighted by Crippen LogP contribution is -2.33. The highest BCUT2D eigenvalue weighted by molar-refractivity contribution is 5.97. The Bertz CT molecular complexity index is 1210. The predicted molar refractivity (Wildman–Crippen MR) is 118 cm³/mol. The Morgan fingerprint density at radius 1 is 0.933 bits per heavy atom. The van der Waals surface area contributed by atoms with Gasteiger partial charge in [0.05, 0.1) is 12.6 Å². The molecule has 3 aromatic carbocycles. The Morgan fingerprint density at radius 3 is 2.33 bits per heavy atom. The molecule has 0 saturated carbocycles. The number of amides is 1. The van der Waals surface area contributed by atoms with Gasteiger partial charge < -0.3 is 15.0 Å². The van der Waals surface area contributed by atoms with Crippen LogP contribution in [-0.4, -0.2) is 17.5 Å². The molecule has 1 aromatic heterocycles. The van der Waals surface area contributed by atoms with Crippen molar-refractivity contribution in [3.63, 3.8) is 0 Å². The van der Waals surface area contributed by atoms with E-state index in [4.69, 9.17) is 4.74 Å². The zero-order chi connectivity index (χ0) is 20.9. The molecule has 4 rings (SSSR count). The number of aromatic amines is 1. The van der Waals surface area contributed by atoms with E-state index < -0.39 is 17.5 Å². The third-order valence-corrected chi connectivity index (χ3v) is 4.93. The van der Waals surface area contributed by atoms with Gasteiger partial charge in [0.2, 0.25) is 0 Å². The smallest absolute Gasteiger partial charge is 0.261 e. The van der Waals surface area contributed by atoms with Gasteiger partial charge in [-0.25, -0.2) is 0 Å². The molecule has 0 aliphatic carbocycles. The average molecular weight is 398 g/mol. The number of hydrogen-bond donors (Lipinski definition) is 2. The second-order valence-corrected chi connectivity index (χ2v) is 6.92. The fraction of sp³-hybridized carbons (Fsp3) is 0.120. The van der Waals surface area contributed by atoms with Gasteiger partial charge in [-0.05, 0) is 47.7 Å². The van der Waals surface area contributed by atoms with E-state index in [0.717, 1.165) is 22.3 Å². The number of fused-ring (bicyclic) bond motifs is 1. The van der Waals surface area contributed by atoms with E-state index in [-0.39, 0.29) is 5.56 Å². The number of pyridine rings is 1. The van der Waals surface area contributed by atoms with Crippen molar-refractivity contribution < 1.29 is 9.53 Å². The number of rotatable bonds is 6. The summed E-state index contributed by atoms with van der Waals surface area (Å²) in [7, 11) is 0. The first-order chi connectivity index (χ1) is 14.7. The van der Waals surface area contributed by atoms with Crippen LogP contribution in [0.15, 0.2) is 89.7 Å². The van der Waals surface area contributed by atoms with Crippen LogP contribution < -0.4 is 15.6 Å². The Morgan fingerprint density at radius 2 is 1.60 bits per heavy atom. The van der Waals surface area contributed by atoms with Crippen LogP contribution >= 0.6 is 0 Å². The lowest BCUT2D eigenvalue weighted by Gasteiger charge is -2.20. The number of aromatic nitrogens is 1. The molecule has 1 amide bonds. The predicted octanol–water partition coefficient (Wildman–Crippen LogP) is 4.45. The summed E-state index contributed by atoms with van der Waals surface area (Å²) in [4.78, 5) is 28.4. The molecule has 0 saturated heterocycles. The minimum Gasteiger partial charge on any atom is -0.494 e. The highest BCUT2D eigenvalue weighted by atomic mass is 16.5. The molecule has 0 fully saturated rings. The summed E-state index contributed by atoms with van der Waals surface area (Å²) in [5.41, 5.74) is 2.19. The Balaban J connectivity index is 1.69. The molecule has 150 valence electrons. The summed E-state index contributed by atoms with van der Waals surface area (Å²) in [6, 6.07) is 25.9. The number of hydrogen-bond acceptors (Lipinski definition) is 3. The summed E-state index contributed by atoms with van der Waals surface area (Å²) in [6.45, 7) is 2.52. The van der Waals surface area contributed by atoms with Gasteiger partial charge in [0.15, 0.2) is 0 Å². The van der Waals surface area contributed by atoms with Gasteiger partial charge in [-0.1, -0.05) is 60.7 Å². The second kappa shape index (κ2) is 8.66. The van der Waals surface area contributed by atoms with Gasteiger partial charge in [0.1, 0.15) is 11.3 Å².